The van der Waals surface area contributed by atoms with Crippen LogP contribution in [0.3, 0.4) is 0 Å². The molecule has 32 heavy (non-hydrogen) atoms. The third kappa shape index (κ3) is 5.84. The van der Waals surface area contributed by atoms with Crippen LogP contribution in [0.25, 0.3) is 11.3 Å². The molecule has 2 aromatic rings. The quantitative estimate of drug-likeness (QED) is 0.278. The smallest absolute Gasteiger partial charge is 0.413 e. The van der Waals surface area contributed by atoms with Crippen molar-refractivity contribution in [3.63, 3.8) is 0 Å². The van der Waals surface area contributed by atoms with E-state index in [-0.39, 0.29) is 47.2 Å². The molecule has 0 fully saturated rings. The van der Waals surface area contributed by atoms with E-state index in [1.807, 2.05) is 0 Å². The van der Waals surface area contributed by atoms with E-state index >= 15 is 0 Å². The highest BCUT2D eigenvalue weighted by molar-refractivity contribution is 6.11. The molecule has 2 rings (SSSR count). The summed E-state index contributed by atoms with van der Waals surface area (Å²) in [6.45, 7) is 8.10. The maximum atomic E-state index is 13.0. The Morgan fingerprint density at radius 2 is 1.59 bits per heavy atom. The zero-order valence-corrected chi connectivity index (χ0v) is 18.3. The van der Waals surface area contributed by atoms with Gasteiger partial charge in [-0.3, -0.25) is 15.4 Å². The number of carbonyl (C=O) groups is 3. The summed E-state index contributed by atoms with van der Waals surface area (Å²) >= 11 is 0. The molecule has 0 bridgehead atoms. The monoisotopic (exact) mass is 448 g/mol. The first kappa shape index (κ1) is 24.4. The van der Waals surface area contributed by atoms with Crippen molar-refractivity contribution in [3.05, 3.63) is 45.5 Å². The SMILES string of the molecule is CCOC(=O)Nc1oc(-c2ccc([N+](=O)[O-])cc2)c(C(=O)OCC)c1C(=O)OC(C)(C)C. The van der Waals surface area contributed by atoms with Gasteiger partial charge in [0.1, 0.15) is 16.7 Å². The first-order chi connectivity index (χ1) is 15.0. The summed E-state index contributed by atoms with van der Waals surface area (Å²) in [5.74, 6) is -2.35. The maximum Gasteiger partial charge on any atom is 0.413 e. The molecule has 1 aromatic heterocycles. The fourth-order valence-electron chi connectivity index (χ4n) is 2.64. The zero-order valence-electron chi connectivity index (χ0n) is 18.3. The summed E-state index contributed by atoms with van der Waals surface area (Å²) in [5, 5.41) is 13.2. The van der Waals surface area contributed by atoms with E-state index in [1.54, 1.807) is 34.6 Å². The molecule has 0 saturated carbocycles. The fraction of sp³-hybridized carbons (Fsp3) is 0.381. The lowest BCUT2D eigenvalue weighted by molar-refractivity contribution is -0.384. The number of benzene rings is 1. The Hall–Kier alpha value is -3.89. The minimum Gasteiger partial charge on any atom is -0.462 e. The summed E-state index contributed by atoms with van der Waals surface area (Å²) < 4.78 is 21.0. The molecular weight excluding hydrogens is 424 g/mol. The van der Waals surface area contributed by atoms with Crippen molar-refractivity contribution >= 4 is 29.6 Å². The number of nitro benzene ring substituents is 1. The number of amides is 1. The second-order valence-corrected chi connectivity index (χ2v) is 7.38. The van der Waals surface area contributed by atoms with Crippen molar-refractivity contribution in [3.8, 4) is 11.3 Å². The van der Waals surface area contributed by atoms with Gasteiger partial charge in [-0.2, -0.15) is 0 Å². The molecule has 0 aliphatic rings. The van der Waals surface area contributed by atoms with Gasteiger partial charge in [0.15, 0.2) is 5.76 Å². The van der Waals surface area contributed by atoms with E-state index in [9.17, 15) is 24.5 Å². The van der Waals surface area contributed by atoms with Crippen LogP contribution in [-0.2, 0) is 14.2 Å². The minimum atomic E-state index is -0.940. The summed E-state index contributed by atoms with van der Waals surface area (Å²) in [6.07, 6.45) is -0.920. The molecule has 0 radical (unpaired) electrons. The fourth-order valence-corrected chi connectivity index (χ4v) is 2.64. The number of esters is 2. The summed E-state index contributed by atoms with van der Waals surface area (Å²) in [5.41, 5.74) is -1.52. The van der Waals surface area contributed by atoms with Gasteiger partial charge < -0.3 is 18.6 Å². The molecule has 0 unspecified atom stereocenters. The summed E-state index contributed by atoms with van der Waals surface area (Å²) in [6, 6.07) is 5.09. The first-order valence-electron chi connectivity index (χ1n) is 9.74. The molecule has 1 amide bonds. The lowest BCUT2D eigenvalue weighted by Crippen LogP contribution is -2.26. The maximum absolute atomic E-state index is 13.0. The molecule has 1 N–H and O–H groups in total. The molecule has 0 spiro atoms. The van der Waals surface area contributed by atoms with Gasteiger partial charge in [0, 0.05) is 17.7 Å². The molecule has 1 aromatic carbocycles. The third-order valence-corrected chi connectivity index (χ3v) is 3.82. The van der Waals surface area contributed by atoms with Crippen molar-refractivity contribution in [2.75, 3.05) is 18.5 Å². The van der Waals surface area contributed by atoms with Gasteiger partial charge in [-0.15, -0.1) is 0 Å². The van der Waals surface area contributed by atoms with Crippen molar-refractivity contribution in [2.24, 2.45) is 0 Å². The molecule has 1 heterocycles. The highest BCUT2D eigenvalue weighted by Gasteiger charge is 2.35. The predicted octanol–water partition coefficient (Wildman–Crippen LogP) is 4.56. The van der Waals surface area contributed by atoms with Crippen LogP contribution in [0.4, 0.5) is 16.4 Å². The minimum absolute atomic E-state index is 0.00187. The summed E-state index contributed by atoms with van der Waals surface area (Å²) in [4.78, 5) is 48.1. The standard InChI is InChI=1S/C21H24N2O9/c1-6-29-18(24)14-15(19(25)32-21(3,4)5)17(22-20(26)30-7-2)31-16(14)12-8-10-13(11-9-12)23(27)28/h8-11H,6-7H2,1-5H3,(H,22,26). The number of hydrogen-bond donors (Lipinski definition) is 1. The van der Waals surface area contributed by atoms with Gasteiger partial charge >= 0.3 is 18.0 Å². The number of hydrogen-bond acceptors (Lipinski definition) is 9. The van der Waals surface area contributed by atoms with E-state index < -0.39 is 28.6 Å². The van der Waals surface area contributed by atoms with Gasteiger partial charge in [0.25, 0.3) is 5.69 Å². The number of carbonyl (C=O) groups excluding carboxylic acids is 3. The Morgan fingerprint density at radius 1 is 1.00 bits per heavy atom. The zero-order chi connectivity index (χ0) is 24.1. The van der Waals surface area contributed by atoms with Crippen LogP contribution in [0, 0.1) is 10.1 Å². The van der Waals surface area contributed by atoms with E-state index in [0.29, 0.717) is 0 Å². The van der Waals surface area contributed by atoms with Gasteiger partial charge in [-0.25, -0.2) is 14.4 Å². The van der Waals surface area contributed by atoms with Gasteiger partial charge in [-0.05, 0) is 46.8 Å². The first-order valence-corrected chi connectivity index (χ1v) is 9.74. The van der Waals surface area contributed by atoms with Gasteiger partial charge in [0.2, 0.25) is 5.88 Å². The Balaban J connectivity index is 2.72. The molecule has 0 aliphatic heterocycles. The largest absolute Gasteiger partial charge is 0.462 e. The second-order valence-electron chi connectivity index (χ2n) is 7.38. The molecule has 0 saturated heterocycles. The van der Waals surface area contributed by atoms with E-state index in [2.05, 4.69) is 5.32 Å². The lowest BCUT2D eigenvalue weighted by atomic mass is 10.0. The topological polar surface area (TPSA) is 147 Å². The van der Waals surface area contributed by atoms with E-state index in [1.165, 1.54) is 24.3 Å². The predicted molar refractivity (Wildman–Crippen MR) is 113 cm³/mol. The van der Waals surface area contributed by atoms with Crippen LogP contribution in [0.5, 0.6) is 0 Å². The number of furan rings is 1. The van der Waals surface area contributed by atoms with Crippen molar-refractivity contribution in [1.29, 1.82) is 0 Å². The highest BCUT2D eigenvalue weighted by Crippen LogP contribution is 2.37. The van der Waals surface area contributed by atoms with Crippen LogP contribution >= 0.6 is 0 Å². The molecular formula is C21H24N2O9. The number of ether oxygens (including phenoxy) is 3. The van der Waals surface area contributed by atoms with Gasteiger partial charge in [-0.1, -0.05) is 0 Å². The molecule has 11 nitrogen and oxygen atoms in total. The Labute approximate surface area is 183 Å². The van der Waals surface area contributed by atoms with Crippen molar-refractivity contribution in [1.82, 2.24) is 0 Å². The highest BCUT2D eigenvalue weighted by atomic mass is 16.6. The number of non-ortho nitro benzene ring substituents is 1. The number of nitrogens with one attached hydrogen (secondary N) is 1. The van der Waals surface area contributed by atoms with E-state index in [0.717, 1.165) is 0 Å². The molecule has 0 atom stereocenters. The Bertz CT molecular complexity index is 1020. The third-order valence-electron chi connectivity index (χ3n) is 3.82. The van der Waals surface area contributed by atoms with E-state index in [4.69, 9.17) is 18.6 Å². The summed E-state index contributed by atoms with van der Waals surface area (Å²) in [7, 11) is 0. The molecule has 11 heteroatoms. The second kappa shape index (κ2) is 9.94. The van der Waals surface area contributed by atoms with Crippen LogP contribution in [0.2, 0.25) is 0 Å². The van der Waals surface area contributed by atoms with Crippen LogP contribution in [0.1, 0.15) is 55.3 Å². The van der Waals surface area contributed by atoms with Crippen LogP contribution in [-0.4, -0.2) is 41.8 Å². The number of nitro groups is 1. The van der Waals surface area contributed by atoms with Crippen molar-refractivity contribution < 1.29 is 37.9 Å². The lowest BCUT2D eigenvalue weighted by Gasteiger charge is -2.19. The normalized spacial score (nSPS) is 10.9. The molecule has 172 valence electrons. The molecule has 0 aliphatic carbocycles. The van der Waals surface area contributed by atoms with Gasteiger partial charge in [0.05, 0.1) is 18.1 Å². The average Bonchev–Trinajstić information content (AvgIpc) is 3.06. The van der Waals surface area contributed by atoms with Crippen LogP contribution < -0.4 is 5.32 Å². The number of anilines is 1. The number of rotatable bonds is 7. The Kier molecular flexibility index (Phi) is 7.58. The number of nitrogens with zero attached hydrogens (tertiary/aromatic N) is 1. The van der Waals surface area contributed by atoms with Crippen LogP contribution in [0.15, 0.2) is 28.7 Å². The van der Waals surface area contributed by atoms with Crippen molar-refractivity contribution in [2.45, 2.75) is 40.2 Å². The Morgan fingerprint density at radius 3 is 2.09 bits per heavy atom. The average molecular weight is 448 g/mol.